The molecule has 0 aliphatic rings. The Kier molecular flexibility index (Phi) is 5.31. The van der Waals surface area contributed by atoms with Gasteiger partial charge in [-0.25, -0.2) is 4.98 Å². The van der Waals surface area contributed by atoms with E-state index < -0.39 is 0 Å². The minimum absolute atomic E-state index is 0.694. The van der Waals surface area contributed by atoms with Gasteiger partial charge in [0, 0.05) is 33.1 Å². The SMILES string of the molecule is CCNC(=NCCc1ncn(C)n1)NCC. The quantitative estimate of drug-likeness (QED) is 0.543. The molecule has 1 aromatic rings. The Morgan fingerprint density at radius 2 is 2.06 bits per heavy atom. The van der Waals surface area contributed by atoms with Gasteiger partial charge in [0.2, 0.25) is 0 Å². The summed E-state index contributed by atoms with van der Waals surface area (Å²) < 4.78 is 1.70. The maximum Gasteiger partial charge on any atom is 0.191 e. The van der Waals surface area contributed by atoms with Crippen molar-refractivity contribution in [2.24, 2.45) is 12.0 Å². The summed E-state index contributed by atoms with van der Waals surface area (Å²) in [5, 5.41) is 10.5. The van der Waals surface area contributed by atoms with Crippen LogP contribution in [0.3, 0.4) is 0 Å². The third-order valence-corrected chi connectivity index (χ3v) is 1.94. The fraction of sp³-hybridized carbons (Fsp3) is 0.700. The van der Waals surface area contributed by atoms with Crippen molar-refractivity contribution in [1.29, 1.82) is 0 Å². The van der Waals surface area contributed by atoms with Gasteiger partial charge < -0.3 is 10.6 Å². The first-order valence-electron chi connectivity index (χ1n) is 5.63. The molecule has 16 heavy (non-hydrogen) atoms. The van der Waals surface area contributed by atoms with Crippen LogP contribution >= 0.6 is 0 Å². The van der Waals surface area contributed by atoms with Crippen molar-refractivity contribution in [3.05, 3.63) is 12.2 Å². The van der Waals surface area contributed by atoms with Crippen LogP contribution in [-0.4, -0.2) is 40.4 Å². The minimum atomic E-state index is 0.694. The molecule has 1 heterocycles. The third-order valence-electron chi connectivity index (χ3n) is 1.94. The lowest BCUT2D eigenvalue weighted by Gasteiger charge is -2.08. The van der Waals surface area contributed by atoms with Gasteiger partial charge in [-0.15, -0.1) is 0 Å². The van der Waals surface area contributed by atoms with Crippen molar-refractivity contribution in [3.63, 3.8) is 0 Å². The summed E-state index contributed by atoms with van der Waals surface area (Å²) in [6.45, 7) is 6.53. The van der Waals surface area contributed by atoms with Crippen LogP contribution in [0.4, 0.5) is 0 Å². The summed E-state index contributed by atoms with van der Waals surface area (Å²) in [7, 11) is 1.86. The number of rotatable bonds is 5. The van der Waals surface area contributed by atoms with Gasteiger partial charge in [-0.2, -0.15) is 5.10 Å². The van der Waals surface area contributed by atoms with Crippen molar-refractivity contribution in [3.8, 4) is 0 Å². The molecule has 0 amide bonds. The van der Waals surface area contributed by atoms with Crippen molar-refractivity contribution >= 4 is 5.96 Å². The van der Waals surface area contributed by atoms with E-state index in [9.17, 15) is 0 Å². The van der Waals surface area contributed by atoms with E-state index in [2.05, 4.69) is 25.7 Å². The Labute approximate surface area is 96.2 Å². The van der Waals surface area contributed by atoms with Crippen LogP contribution in [0.1, 0.15) is 19.7 Å². The van der Waals surface area contributed by atoms with Crippen LogP contribution in [-0.2, 0) is 13.5 Å². The number of guanidine groups is 1. The lowest BCUT2D eigenvalue weighted by molar-refractivity contribution is 0.736. The zero-order chi connectivity index (χ0) is 11.8. The van der Waals surface area contributed by atoms with Crippen molar-refractivity contribution in [2.75, 3.05) is 19.6 Å². The predicted molar refractivity (Wildman–Crippen MR) is 64.4 cm³/mol. The van der Waals surface area contributed by atoms with Crippen LogP contribution in [0, 0.1) is 0 Å². The van der Waals surface area contributed by atoms with Crippen molar-refractivity contribution in [1.82, 2.24) is 25.4 Å². The van der Waals surface area contributed by atoms with Gasteiger partial charge in [0.15, 0.2) is 11.8 Å². The molecule has 1 rings (SSSR count). The molecule has 0 bridgehead atoms. The number of nitrogens with one attached hydrogen (secondary N) is 2. The molecule has 0 spiro atoms. The van der Waals surface area contributed by atoms with Gasteiger partial charge in [0.1, 0.15) is 6.33 Å². The lowest BCUT2D eigenvalue weighted by atomic mass is 10.4. The van der Waals surface area contributed by atoms with Crippen LogP contribution in [0.25, 0.3) is 0 Å². The average molecular weight is 224 g/mol. The van der Waals surface area contributed by atoms with E-state index in [1.807, 2.05) is 20.9 Å². The molecule has 0 aromatic carbocycles. The van der Waals surface area contributed by atoms with Gasteiger partial charge in [-0.1, -0.05) is 0 Å². The Bertz CT molecular complexity index is 322. The Morgan fingerprint density at radius 3 is 2.56 bits per heavy atom. The number of nitrogens with zero attached hydrogens (tertiary/aromatic N) is 4. The standard InChI is InChI=1S/C10H20N6/c1-4-11-10(12-5-2)13-7-6-9-14-8-16(3)15-9/h8H,4-7H2,1-3H3,(H2,11,12,13). The number of aromatic nitrogens is 3. The van der Waals surface area contributed by atoms with Crippen molar-refractivity contribution in [2.45, 2.75) is 20.3 Å². The molecule has 6 nitrogen and oxygen atoms in total. The summed E-state index contributed by atoms with van der Waals surface area (Å²) in [4.78, 5) is 8.56. The Morgan fingerprint density at radius 1 is 1.38 bits per heavy atom. The summed E-state index contributed by atoms with van der Waals surface area (Å²) in [6.07, 6.45) is 2.47. The Hall–Kier alpha value is -1.59. The van der Waals surface area contributed by atoms with Gasteiger partial charge in [-0.05, 0) is 13.8 Å². The topological polar surface area (TPSA) is 67.1 Å². The fourth-order valence-corrected chi connectivity index (χ4v) is 1.28. The summed E-state index contributed by atoms with van der Waals surface area (Å²) in [5.74, 6) is 1.68. The highest BCUT2D eigenvalue weighted by Crippen LogP contribution is 1.90. The van der Waals surface area contributed by atoms with E-state index in [1.165, 1.54) is 0 Å². The molecule has 1 aromatic heterocycles. The first-order valence-corrected chi connectivity index (χ1v) is 5.63. The molecule has 90 valence electrons. The van der Waals surface area contributed by atoms with Gasteiger partial charge in [-0.3, -0.25) is 9.67 Å². The van der Waals surface area contributed by atoms with Gasteiger partial charge in [0.25, 0.3) is 0 Å². The van der Waals surface area contributed by atoms with Crippen LogP contribution in [0.2, 0.25) is 0 Å². The molecule has 0 aliphatic carbocycles. The molecule has 2 N–H and O–H groups in total. The highest BCUT2D eigenvalue weighted by molar-refractivity contribution is 5.79. The third kappa shape index (κ3) is 4.29. The van der Waals surface area contributed by atoms with Crippen LogP contribution in [0.5, 0.6) is 0 Å². The molecule has 0 radical (unpaired) electrons. The van der Waals surface area contributed by atoms with E-state index in [-0.39, 0.29) is 0 Å². The maximum atomic E-state index is 4.41. The summed E-state index contributed by atoms with van der Waals surface area (Å²) in [6, 6.07) is 0. The second-order valence-corrected chi connectivity index (χ2v) is 3.38. The molecule has 0 fully saturated rings. The summed E-state index contributed by atoms with van der Waals surface area (Å²) in [5.41, 5.74) is 0. The predicted octanol–water partition coefficient (Wildman–Crippen LogP) is -0.0674. The molecule has 0 saturated heterocycles. The largest absolute Gasteiger partial charge is 0.357 e. The minimum Gasteiger partial charge on any atom is -0.357 e. The molecular formula is C10H20N6. The summed E-state index contributed by atoms with van der Waals surface area (Å²) >= 11 is 0. The molecule has 0 unspecified atom stereocenters. The van der Waals surface area contributed by atoms with Crippen LogP contribution < -0.4 is 10.6 Å². The fourth-order valence-electron chi connectivity index (χ4n) is 1.28. The first-order chi connectivity index (χ1) is 7.76. The number of aryl methyl sites for hydroxylation is 1. The smallest absolute Gasteiger partial charge is 0.191 e. The van der Waals surface area contributed by atoms with E-state index in [4.69, 9.17) is 0 Å². The zero-order valence-electron chi connectivity index (χ0n) is 10.2. The average Bonchev–Trinajstić information content (AvgIpc) is 2.65. The highest BCUT2D eigenvalue weighted by atomic mass is 15.3. The number of hydrogen-bond acceptors (Lipinski definition) is 3. The van der Waals surface area contributed by atoms with E-state index in [0.29, 0.717) is 6.54 Å². The van der Waals surface area contributed by atoms with E-state index in [0.717, 1.165) is 31.3 Å². The molecule has 0 atom stereocenters. The number of hydrogen-bond donors (Lipinski definition) is 2. The van der Waals surface area contributed by atoms with Crippen LogP contribution in [0.15, 0.2) is 11.3 Å². The molecule has 0 aliphatic heterocycles. The van der Waals surface area contributed by atoms with Gasteiger partial charge in [0.05, 0.1) is 0 Å². The second kappa shape index (κ2) is 6.81. The first kappa shape index (κ1) is 12.5. The second-order valence-electron chi connectivity index (χ2n) is 3.38. The normalized spacial score (nSPS) is 9.94. The Balaban J connectivity index is 2.38. The number of aliphatic imine (C=N–C) groups is 1. The zero-order valence-corrected chi connectivity index (χ0v) is 10.2. The molecule has 0 saturated carbocycles. The van der Waals surface area contributed by atoms with Crippen molar-refractivity contribution < 1.29 is 0 Å². The molecule has 6 heteroatoms. The highest BCUT2D eigenvalue weighted by Gasteiger charge is 1.98. The molecular weight excluding hydrogens is 204 g/mol. The monoisotopic (exact) mass is 224 g/mol. The maximum absolute atomic E-state index is 4.41. The van der Waals surface area contributed by atoms with E-state index in [1.54, 1.807) is 11.0 Å². The van der Waals surface area contributed by atoms with Gasteiger partial charge >= 0.3 is 0 Å². The lowest BCUT2D eigenvalue weighted by Crippen LogP contribution is -2.37. The van der Waals surface area contributed by atoms with E-state index >= 15 is 0 Å².